The van der Waals surface area contributed by atoms with Crippen molar-refractivity contribution in [2.24, 2.45) is 5.73 Å². The van der Waals surface area contributed by atoms with Gasteiger partial charge >= 0.3 is 0 Å². The summed E-state index contributed by atoms with van der Waals surface area (Å²) in [7, 11) is 1.67. The summed E-state index contributed by atoms with van der Waals surface area (Å²) in [6, 6.07) is 5.69. The van der Waals surface area contributed by atoms with Gasteiger partial charge in [-0.15, -0.1) is 0 Å². The monoisotopic (exact) mass is 339 g/mol. The predicted molar refractivity (Wildman–Crippen MR) is 80.2 cm³/mol. The third-order valence-electron chi connectivity index (χ3n) is 3.05. The first-order chi connectivity index (χ1) is 9.61. The first kappa shape index (κ1) is 15.2. The van der Waals surface area contributed by atoms with Crippen LogP contribution in [0.3, 0.4) is 0 Å². The minimum absolute atomic E-state index is 0.250. The number of hydrogen-bond acceptors (Lipinski definition) is 5. The lowest BCUT2D eigenvalue weighted by Crippen LogP contribution is -2.11. The Morgan fingerprint density at radius 3 is 2.95 bits per heavy atom. The molecule has 1 atom stereocenters. The van der Waals surface area contributed by atoms with Crippen molar-refractivity contribution in [3.05, 3.63) is 34.1 Å². The Hall–Kier alpha value is -1.24. The summed E-state index contributed by atoms with van der Waals surface area (Å²) in [4.78, 5) is 4.37. The maximum atomic E-state index is 6.02. The second-order valence-corrected chi connectivity index (χ2v) is 5.52. The number of ether oxygens (including phenoxy) is 1. The fraction of sp³-hybridized carbons (Fsp3) is 0.429. The van der Waals surface area contributed by atoms with Crippen LogP contribution in [-0.2, 0) is 4.74 Å². The third-order valence-corrected chi connectivity index (χ3v) is 3.91. The van der Waals surface area contributed by atoms with E-state index in [-0.39, 0.29) is 6.04 Å². The van der Waals surface area contributed by atoms with Crippen LogP contribution in [-0.4, -0.2) is 23.9 Å². The van der Waals surface area contributed by atoms with Gasteiger partial charge in [-0.25, -0.2) is 0 Å². The largest absolute Gasteiger partial charge is 0.385 e. The van der Waals surface area contributed by atoms with Crippen LogP contribution in [0.5, 0.6) is 0 Å². The van der Waals surface area contributed by atoms with E-state index in [4.69, 9.17) is 15.0 Å². The fourth-order valence-electron chi connectivity index (χ4n) is 1.81. The molecule has 20 heavy (non-hydrogen) atoms. The number of benzene rings is 1. The molecule has 1 unspecified atom stereocenters. The number of nitrogens with two attached hydrogens (primary N) is 1. The van der Waals surface area contributed by atoms with Crippen LogP contribution in [0, 0.1) is 6.92 Å². The van der Waals surface area contributed by atoms with Crippen molar-refractivity contribution in [2.45, 2.75) is 25.8 Å². The molecule has 0 saturated heterocycles. The van der Waals surface area contributed by atoms with Crippen molar-refractivity contribution in [1.29, 1.82) is 0 Å². The maximum absolute atomic E-state index is 6.02. The fourth-order valence-corrected chi connectivity index (χ4v) is 2.18. The first-order valence-corrected chi connectivity index (χ1v) is 7.25. The molecule has 0 spiro atoms. The van der Waals surface area contributed by atoms with Gasteiger partial charge in [0.05, 0.1) is 6.04 Å². The standard InChI is InChI=1S/C14H18BrN3O2/c1-9-5-6-10(8-11(9)15)13-17-14(20-18-13)12(16)4-3-7-19-2/h5-6,8,12H,3-4,7,16H2,1-2H3. The quantitative estimate of drug-likeness (QED) is 0.817. The Kier molecular flexibility index (Phi) is 5.28. The van der Waals surface area contributed by atoms with Crippen LogP contribution in [0.4, 0.5) is 0 Å². The molecule has 5 nitrogen and oxygen atoms in total. The summed E-state index contributed by atoms with van der Waals surface area (Å²) in [5, 5.41) is 3.99. The van der Waals surface area contributed by atoms with E-state index in [1.165, 1.54) is 0 Å². The Balaban J connectivity index is 2.09. The molecule has 1 aromatic heterocycles. The van der Waals surface area contributed by atoms with Crippen molar-refractivity contribution in [1.82, 2.24) is 10.1 Å². The number of aromatic nitrogens is 2. The van der Waals surface area contributed by atoms with E-state index >= 15 is 0 Å². The van der Waals surface area contributed by atoms with Gasteiger partial charge in [-0.3, -0.25) is 0 Å². The van der Waals surface area contributed by atoms with Gasteiger partial charge in [-0.1, -0.05) is 33.2 Å². The zero-order valence-electron chi connectivity index (χ0n) is 11.6. The molecule has 0 aliphatic rings. The van der Waals surface area contributed by atoms with E-state index in [9.17, 15) is 0 Å². The molecule has 0 radical (unpaired) electrons. The van der Waals surface area contributed by atoms with Crippen LogP contribution in [0.1, 0.15) is 30.3 Å². The van der Waals surface area contributed by atoms with Crippen molar-refractivity contribution >= 4 is 15.9 Å². The number of methoxy groups -OCH3 is 1. The van der Waals surface area contributed by atoms with E-state index in [2.05, 4.69) is 26.1 Å². The topological polar surface area (TPSA) is 74.2 Å². The Bertz CT molecular complexity index is 571. The molecule has 0 aliphatic carbocycles. The number of aryl methyl sites for hydroxylation is 1. The second kappa shape index (κ2) is 6.97. The number of halogens is 1. The number of rotatable bonds is 6. The molecular weight excluding hydrogens is 322 g/mol. The highest BCUT2D eigenvalue weighted by Gasteiger charge is 2.15. The SMILES string of the molecule is COCCCC(N)c1nc(-c2ccc(C)c(Br)c2)no1. The predicted octanol–water partition coefficient (Wildman–Crippen LogP) is 3.23. The van der Waals surface area contributed by atoms with Gasteiger partial charge in [0, 0.05) is 23.8 Å². The molecule has 0 bridgehead atoms. The zero-order valence-corrected chi connectivity index (χ0v) is 13.2. The van der Waals surface area contributed by atoms with Crippen LogP contribution >= 0.6 is 15.9 Å². The molecule has 2 aromatic rings. The van der Waals surface area contributed by atoms with Gasteiger partial charge in [0.2, 0.25) is 11.7 Å². The normalized spacial score (nSPS) is 12.6. The van der Waals surface area contributed by atoms with Crippen LogP contribution in [0.25, 0.3) is 11.4 Å². The molecule has 0 amide bonds. The van der Waals surface area contributed by atoms with Gasteiger partial charge in [0.1, 0.15) is 0 Å². The van der Waals surface area contributed by atoms with Crippen molar-refractivity contribution in [3.8, 4) is 11.4 Å². The average Bonchev–Trinajstić information content (AvgIpc) is 2.92. The van der Waals surface area contributed by atoms with E-state index < -0.39 is 0 Å². The lowest BCUT2D eigenvalue weighted by molar-refractivity contribution is 0.188. The van der Waals surface area contributed by atoms with Crippen molar-refractivity contribution < 1.29 is 9.26 Å². The Labute approximate surface area is 126 Å². The van der Waals surface area contributed by atoms with Crippen LogP contribution in [0.15, 0.2) is 27.2 Å². The maximum Gasteiger partial charge on any atom is 0.243 e. The minimum atomic E-state index is -0.250. The van der Waals surface area contributed by atoms with Crippen molar-refractivity contribution in [3.63, 3.8) is 0 Å². The molecule has 0 fully saturated rings. The molecule has 0 saturated carbocycles. The van der Waals surface area contributed by atoms with E-state index in [0.29, 0.717) is 18.3 Å². The van der Waals surface area contributed by atoms with Gasteiger partial charge in [-0.05, 0) is 31.4 Å². The molecular formula is C14H18BrN3O2. The molecule has 2 rings (SSSR count). The Morgan fingerprint density at radius 2 is 2.25 bits per heavy atom. The van der Waals surface area contributed by atoms with Gasteiger partial charge in [0.25, 0.3) is 0 Å². The first-order valence-electron chi connectivity index (χ1n) is 6.46. The molecule has 2 N–H and O–H groups in total. The summed E-state index contributed by atoms with van der Waals surface area (Å²) < 4.78 is 11.3. The number of hydrogen-bond donors (Lipinski definition) is 1. The zero-order chi connectivity index (χ0) is 14.5. The van der Waals surface area contributed by atoms with E-state index in [0.717, 1.165) is 28.4 Å². The Morgan fingerprint density at radius 1 is 1.45 bits per heavy atom. The summed E-state index contributed by atoms with van der Waals surface area (Å²) >= 11 is 3.50. The van der Waals surface area contributed by atoms with Crippen LogP contribution in [0.2, 0.25) is 0 Å². The van der Waals surface area contributed by atoms with Gasteiger partial charge in [0.15, 0.2) is 0 Å². The molecule has 108 valence electrons. The summed E-state index contributed by atoms with van der Waals surface area (Å²) in [6.07, 6.45) is 1.62. The van der Waals surface area contributed by atoms with E-state index in [1.807, 2.05) is 25.1 Å². The molecule has 6 heteroatoms. The van der Waals surface area contributed by atoms with Gasteiger partial charge in [-0.2, -0.15) is 4.98 Å². The summed E-state index contributed by atoms with van der Waals surface area (Å²) in [6.45, 7) is 2.71. The summed E-state index contributed by atoms with van der Waals surface area (Å²) in [5.41, 5.74) is 8.09. The third kappa shape index (κ3) is 3.65. The van der Waals surface area contributed by atoms with Gasteiger partial charge < -0.3 is 15.0 Å². The molecule has 0 aliphatic heterocycles. The molecule has 1 heterocycles. The average molecular weight is 340 g/mol. The minimum Gasteiger partial charge on any atom is -0.385 e. The molecule has 1 aromatic carbocycles. The highest BCUT2D eigenvalue weighted by Crippen LogP contribution is 2.25. The van der Waals surface area contributed by atoms with Crippen molar-refractivity contribution in [2.75, 3.05) is 13.7 Å². The summed E-state index contributed by atoms with van der Waals surface area (Å²) in [5.74, 6) is 1.02. The lowest BCUT2D eigenvalue weighted by atomic mass is 10.1. The van der Waals surface area contributed by atoms with E-state index in [1.54, 1.807) is 7.11 Å². The number of nitrogens with zero attached hydrogens (tertiary/aromatic N) is 2. The highest BCUT2D eigenvalue weighted by atomic mass is 79.9. The van der Waals surface area contributed by atoms with Crippen LogP contribution < -0.4 is 5.73 Å². The lowest BCUT2D eigenvalue weighted by Gasteiger charge is -2.05. The highest BCUT2D eigenvalue weighted by molar-refractivity contribution is 9.10. The second-order valence-electron chi connectivity index (χ2n) is 4.66. The smallest absolute Gasteiger partial charge is 0.243 e.